The Morgan fingerprint density at radius 1 is 0.724 bits per heavy atom. The topological polar surface area (TPSA) is 52.6 Å². The van der Waals surface area contributed by atoms with E-state index in [2.05, 4.69) is 0 Å². The summed E-state index contributed by atoms with van der Waals surface area (Å²) in [6, 6.07) is 6.61. The van der Waals surface area contributed by atoms with Gasteiger partial charge in [-0.05, 0) is 44.5 Å². The number of esters is 2. The minimum absolute atomic E-state index is 0.0383. The molecule has 0 fully saturated rings. The Bertz CT molecular complexity index is 773. The zero-order valence-electron chi connectivity index (χ0n) is 15.9. The van der Waals surface area contributed by atoms with Crippen LogP contribution in [0.15, 0.2) is 36.4 Å². The molecular weight excluding hydrogens is 392 g/mol. The number of carbonyl (C=O) groups is 2. The van der Waals surface area contributed by atoms with Crippen molar-refractivity contribution in [3.05, 3.63) is 70.8 Å². The first-order chi connectivity index (χ1) is 13.7. The molecule has 0 aliphatic heterocycles. The van der Waals surface area contributed by atoms with E-state index < -0.39 is 47.4 Å². The van der Waals surface area contributed by atoms with Gasteiger partial charge in [0.15, 0.2) is 0 Å². The third-order valence-electron chi connectivity index (χ3n) is 4.19. The van der Waals surface area contributed by atoms with Gasteiger partial charge in [0.25, 0.3) is 0 Å². The van der Waals surface area contributed by atoms with Crippen molar-refractivity contribution in [2.75, 3.05) is 0 Å². The molecule has 0 radical (unpaired) electrons. The van der Waals surface area contributed by atoms with E-state index in [0.717, 1.165) is 24.3 Å². The Hall–Kier alpha value is -2.90. The third-order valence-corrected chi connectivity index (χ3v) is 4.19. The lowest BCUT2D eigenvalue weighted by Crippen LogP contribution is -2.14. The normalized spacial score (nSPS) is 12.9. The minimum Gasteiger partial charge on any atom is -0.458 e. The second-order valence-corrected chi connectivity index (χ2v) is 6.39. The fourth-order valence-electron chi connectivity index (χ4n) is 2.81. The first-order valence-electron chi connectivity index (χ1n) is 8.97. The van der Waals surface area contributed by atoms with Gasteiger partial charge >= 0.3 is 11.9 Å². The molecule has 0 aliphatic carbocycles. The molecule has 2 aromatic carbocycles. The van der Waals surface area contributed by atoms with Crippen molar-refractivity contribution in [1.82, 2.24) is 0 Å². The molecule has 0 heterocycles. The van der Waals surface area contributed by atoms with Crippen molar-refractivity contribution in [3.63, 3.8) is 0 Å². The van der Waals surface area contributed by atoms with Crippen molar-refractivity contribution in [2.24, 2.45) is 0 Å². The van der Waals surface area contributed by atoms with Crippen LogP contribution >= 0.6 is 0 Å². The van der Waals surface area contributed by atoms with E-state index in [-0.39, 0.29) is 30.4 Å². The van der Waals surface area contributed by atoms with Gasteiger partial charge in [0, 0.05) is 12.8 Å². The maximum absolute atomic E-state index is 13.7. The van der Waals surface area contributed by atoms with Crippen molar-refractivity contribution in [3.8, 4) is 0 Å². The number of halogens is 4. The number of rotatable bonds is 8. The molecule has 29 heavy (non-hydrogen) atoms. The van der Waals surface area contributed by atoms with Crippen LogP contribution in [0.4, 0.5) is 17.6 Å². The van der Waals surface area contributed by atoms with Gasteiger partial charge in [-0.3, -0.25) is 9.59 Å². The van der Waals surface area contributed by atoms with Crippen molar-refractivity contribution in [1.29, 1.82) is 0 Å². The zero-order valence-corrected chi connectivity index (χ0v) is 15.9. The van der Waals surface area contributed by atoms with Gasteiger partial charge in [-0.25, -0.2) is 17.6 Å². The largest absolute Gasteiger partial charge is 0.458 e. The molecule has 0 saturated heterocycles. The lowest BCUT2D eigenvalue weighted by molar-refractivity contribution is -0.150. The van der Waals surface area contributed by atoms with Crippen molar-refractivity contribution < 1.29 is 36.6 Å². The Balaban J connectivity index is 1.80. The van der Waals surface area contributed by atoms with Crippen LogP contribution < -0.4 is 0 Å². The molecule has 4 nitrogen and oxygen atoms in total. The second kappa shape index (κ2) is 10.0. The summed E-state index contributed by atoms with van der Waals surface area (Å²) in [7, 11) is 0. The fourth-order valence-corrected chi connectivity index (χ4v) is 2.81. The molecule has 8 heteroatoms. The van der Waals surface area contributed by atoms with Gasteiger partial charge in [0.1, 0.15) is 35.5 Å². The third kappa shape index (κ3) is 6.04. The summed E-state index contributed by atoms with van der Waals surface area (Å²) in [5.74, 6) is -4.82. The highest BCUT2D eigenvalue weighted by Crippen LogP contribution is 2.25. The average molecular weight is 412 g/mol. The second-order valence-electron chi connectivity index (χ2n) is 6.39. The molecule has 0 saturated carbocycles. The highest BCUT2D eigenvalue weighted by Gasteiger charge is 2.21. The van der Waals surface area contributed by atoms with Gasteiger partial charge in [-0.1, -0.05) is 12.1 Å². The zero-order chi connectivity index (χ0) is 21.6. The highest BCUT2D eigenvalue weighted by molar-refractivity contribution is 5.73. The Kier molecular flexibility index (Phi) is 7.75. The Morgan fingerprint density at radius 2 is 1.03 bits per heavy atom. The number of carbonyl (C=O) groups excluding carboxylic acids is 2. The molecule has 2 aromatic rings. The number of hydrogen-bond acceptors (Lipinski definition) is 4. The van der Waals surface area contributed by atoms with E-state index >= 15 is 0 Å². The smallest absolute Gasteiger partial charge is 0.306 e. The van der Waals surface area contributed by atoms with E-state index in [1.807, 2.05) is 0 Å². The molecule has 2 atom stereocenters. The maximum Gasteiger partial charge on any atom is 0.306 e. The first kappa shape index (κ1) is 22.4. The van der Waals surface area contributed by atoms with E-state index in [9.17, 15) is 27.2 Å². The van der Waals surface area contributed by atoms with Gasteiger partial charge in [0.05, 0.1) is 11.1 Å². The summed E-state index contributed by atoms with van der Waals surface area (Å²) < 4.78 is 64.7. The van der Waals surface area contributed by atoms with Crippen LogP contribution in [-0.2, 0) is 19.1 Å². The van der Waals surface area contributed by atoms with Crippen LogP contribution in [-0.4, -0.2) is 11.9 Å². The predicted molar refractivity (Wildman–Crippen MR) is 95.6 cm³/mol. The van der Waals surface area contributed by atoms with Crippen LogP contribution in [0, 0.1) is 23.3 Å². The summed E-state index contributed by atoms with van der Waals surface area (Å²) in [6.45, 7) is 2.66. The molecule has 156 valence electrons. The van der Waals surface area contributed by atoms with E-state index in [1.54, 1.807) is 0 Å². The van der Waals surface area contributed by atoms with Gasteiger partial charge in [-0.15, -0.1) is 0 Å². The Morgan fingerprint density at radius 3 is 1.34 bits per heavy atom. The number of ether oxygens (including phenoxy) is 2. The molecule has 0 bridgehead atoms. The molecule has 0 aliphatic rings. The quantitative estimate of drug-likeness (QED) is 0.435. The summed E-state index contributed by atoms with van der Waals surface area (Å²) in [6.07, 6.45) is -2.63. The van der Waals surface area contributed by atoms with Crippen LogP contribution in [0.2, 0.25) is 0 Å². The van der Waals surface area contributed by atoms with E-state index in [1.165, 1.54) is 26.0 Å². The van der Waals surface area contributed by atoms with Gasteiger partial charge in [-0.2, -0.15) is 0 Å². The van der Waals surface area contributed by atoms with E-state index in [4.69, 9.17) is 9.47 Å². The first-order valence-corrected chi connectivity index (χ1v) is 8.97. The molecule has 0 spiro atoms. The summed E-state index contributed by atoms with van der Waals surface area (Å²) >= 11 is 0. The summed E-state index contributed by atoms with van der Waals surface area (Å²) in [5.41, 5.74) is -0.720. The maximum atomic E-state index is 13.7. The molecule has 0 N–H and O–H groups in total. The predicted octanol–water partition coefficient (Wildman–Crippen LogP) is 5.32. The SMILES string of the molecule is CC(OC(=O)CCCC(=O)OC(C)c1c(F)cccc1F)c1c(F)cccc1F. The van der Waals surface area contributed by atoms with E-state index in [0.29, 0.717) is 0 Å². The summed E-state index contributed by atoms with van der Waals surface area (Å²) in [4.78, 5) is 23.7. The minimum atomic E-state index is -1.14. The van der Waals surface area contributed by atoms with Gasteiger partial charge in [0.2, 0.25) is 0 Å². The van der Waals surface area contributed by atoms with Gasteiger partial charge < -0.3 is 9.47 Å². The highest BCUT2D eigenvalue weighted by atomic mass is 19.1. The van der Waals surface area contributed by atoms with Crippen LogP contribution in [0.1, 0.15) is 56.4 Å². The van der Waals surface area contributed by atoms with Crippen LogP contribution in [0.25, 0.3) is 0 Å². The lowest BCUT2D eigenvalue weighted by Gasteiger charge is -2.16. The molecule has 0 amide bonds. The molecule has 2 rings (SSSR count). The lowest BCUT2D eigenvalue weighted by atomic mass is 10.1. The molecule has 0 aromatic heterocycles. The number of benzene rings is 2. The molecular formula is C21H20F4O4. The van der Waals surface area contributed by atoms with Crippen LogP contribution in [0.3, 0.4) is 0 Å². The average Bonchev–Trinajstić information content (AvgIpc) is 2.61. The summed E-state index contributed by atoms with van der Waals surface area (Å²) in [5, 5.41) is 0. The monoisotopic (exact) mass is 412 g/mol. The van der Waals surface area contributed by atoms with Crippen molar-refractivity contribution >= 4 is 11.9 Å². The van der Waals surface area contributed by atoms with Crippen molar-refractivity contribution in [2.45, 2.75) is 45.3 Å². The van der Waals surface area contributed by atoms with Crippen LogP contribution in [0.5, 0.6) is 0 Å². The molecule has 2 unspecified atom stereocenters. The number of hydrogen-bond donors (Lipinski definition) is 0. The standard InChI is InChI=1S/C21H20F4O4/c1-12(20-14(22)6-3-7-15(20)23)28-18(26)10-5-11-19(27)29-13(2)21-16(24)8-4-9-17(21)25/h3-4,6-9,12-13H,5,10-11H2,1-2H3. The fraction of sp³-hybridized carbons (Fsp3) is 0.333. The Labute approximate surface area is 165 Å².